The van der Waals surface area contributed by atoms with E-state index in [0.29, 0.717) is 84.1 Å². The van der Waals surface area contributed by atoms with Crippen molar-refractivity contribution in [3.8, 4) is 44.5 Å². The number of rotatable bonds is 27. The minimum atomic E-state index is -1.12. The molecule has 482 valence electrons. The number of nitrogens with one attached hydrogen (secondary N) is 2. The van der Waals surface area contributed by atoms with Crippen molar-refractivity contribution in [1.82, 2.24) is 19.9 Å². The molecule has 0 fully saturated rings. The summed E-state index contributed by atoms with van der Waals surface area (Å²) >= 11 is 0. The van der Waals surface area contributed by atoms with Gasteiger partial charge in [0.25, 0.3) is 0 Å². The number of fused-ring (bicyclic) bond motifs is 8. The molecule has 7 aromatic rings. The number of methoxy groups -OCH3 is 3. The van der Waals surface area contributed by atoms with Gasteiger partial charge in [-0.15, -0.1) is 0 Å². The van der Waals surface area contributed by atoms with Gasteiger partial charge in [-0.2, -0.15) is 0 Å². The zero-order valence-corrected chi connectivity index (χ0v) is 56.7. The smallest absolute Gasteiger partial charge is 0.194 e. The van der Waals surface area contributed by atoms with Gasteiger partial charge in [-0.05, 0) is 173 Å². The molecule has 0 spiro atoms. The van der Waals surface area contributed by atoms with Crippen molar-refractivity contribution in [3.05, 3.63) is 166 Å². The molecule has 0 unspecified atom stereocenters. The van der Waals surface area contributed by atoms with Gasteiger partial charge in [-0.3, -0.25) is 19.2 Å². The van der Waals surface area contributed by atoms with Crippen molar-refractivity contribution in [2.75, 3.05) is 41.2 Å². The number of hydrogen-bond acceptors (Lipinski definition) is 12. The molecule has 9 rings (SSSR count). The van der Waals surface area contributed by atoms with E-state index in [9.17, 15) is 19.2 Å². The topological polar surface area (TPSA) is 181 Å². The van der Waals surface area contributed by atoms with E-state index in [2.05, 4.69) is 9.97 Å². The summed E-state index contributed by atoms with van der Waals surface area (Å²) in [5, 5.41) is 0. The molecule has 0 saturated carbocycles. The van der Waals surface area contributed by atoms with Gasteiger partial charge in [0.15, 0.2) is 23.1 Å². The highest BCUT2D eigenvalue weighted by Crippen LogP contribution is 2.40. The van der Waals surface area contributed by atoms with E-state index >= 15 is 0 Å². The van der Waals surface area contributed by atoms with E-state index in [1.165, 1.54) is 0 Å². The first-order valence-corrected chi connectivity index (χ1v) is 31.7. The fraction of sp³-hybridized carbons (Fsp3) is 0.385. The van der Waals surface area contributed by atoms with E-state index < -0.39 is 33.6 Å². The quantitative estimate of drug-likeness (QED) is 0.0466. The SMILES string of the molecule is COC(C)(C)CCOC(C)(C)C(=O)c1ccc(-c2c3nc(c(-c4ccc(C(=O)C(C)(C)OCCC(C)(C)OC)cc4)c4ccc([nH]4)c(-c4ccc(C(=O)C(C)(C)OCCC(C)(C)OC)cc4)c4nc(c(-c5ccc(C(=O)C(C)C)cc5)c5ccc2[nH]5)C=C4)C=C3)cc1. The predicted molar refractivity (Wildman–Crippen MR) is 370 cm³/mol. The van der Waals surface area contributed by atoms with Crippen LogP contribution in [0.15, 0.2) is 121 Å². The second-order valence-electron chi connectivity index (χ2n) is 27.5. The second-order valence-corrected chi connectivity index (χ2v) is 27.5. The monoisotopic (exact) mass is 1240 g/mol. The van der Waals surface area contributed by atoms with Crippen LogP contribution in [0.25, 0.3) is 90.9 Å². The van der Waals surface area contributed by atoms with Gasteiger partial charge < -0.3 is 38.4 Å². The van der Waals surface area contributed by atoms with Crippen molar-refractivity contribution >= 4 is 69.5 Å². The Morgan fingerprint density at radius 1 is 0.359 bits per heavy atom. The fourth-order valence-corrected chi connectivity index (χ4v) is 11.1. The fourth-order valence-electron chi connectivity index (χ4n) is 11.1. The number of H-pyrrole nitrogens is 2. The Morgan fingerprint density at radius 3 is 0.804 bits per heavy atom. The number of ketones is 4. The van der Waals surface area contributed by atoms with E-state index in [-0.39, 0.29) is 29.1 Å². The lowest BCUT2D eigenvalue weighted by atomic mass is 9.94. The van der Waals surface area contributed by atoms with Crippen LogP contribution in [0, 0.1) is 5.92 Å². The number of nitrogens with zero attached hydrogens (tertiary/aromatic N) is 2. The van der Waals surface area contributed by atoms with Crippen LogP contribution in [0.5, 0.6) is 0 Å². The van der Waals surface area contributed by atoms with Crippen molar-refractivity contribution in [1.29, 1.82) is 0 Å². The molecule has 0 saturated heterocycles. The molecule has 3 aromatic heterocycles. The van der Waals surface area contributed by atoms with E-state index in [4.69, 9.17) is 38.4 Å². The maximum absolute atomic E-state index is 14.3. The highest BCUT2D eigenvalue weighted by atomic mass is 16.5. The third-order valence-electron chi connectivity index (χ3n) is 17.8. The zero-order chi connectivity index (χ0) is 66.7. The number of Topliss-reactive ketones (excluding diaryl/α,β-unsaturated/α-hetero) is 4. The van der Waals surface area contributed by atoms with Crippen molar-refractivity contribution in [2.45, 2.75) is 150 Å². The van der Waals surface area contributed by atoms with E-state index in [1.807, 2.05) is 201 Å². The molecular weight excluding hydrogens is 1150 g/mol. The van der Waals surface area contributed by atoms with Crippen LogP contribution in [-0.2, 0) is 28.4 Å². The van der Waals surface area contributed by atoms with Crippen molar-refractivity contribution in [3.63, 3.8) is 0 Å². The standard InChI is InChI=1S/C78H90N4O10/c1-48(2)69(83)53-26-18-49(19-27-53)65-57-34-36-59(79-57)66(50-20-28-54(29-21-50)70(84)76(9,10)90-45-42-73(3,4)87-15)61-38-40-63(81-61)68(52-24-32-56(33-25-52)72(86)78(13,14)92-47-44-75(7,8)89-17)64-41-39-62(82-64)67(60-37-35-58(65)80-60)51-22-30-55(31-23-51)71(85)77(11,12)91-46-43-74(5,6)88-16/h18-41,48,79,82H,42-47H2,1-17H3. The first-order chi connectivity index (χ1) is 43.4. The largest absolute Gasteiger partial charge is 0.379 e. The van der Waals surface area contributed by atoms with E-state index in [0.717, 1.165) is 66.6 Å². The van der Waals surface area contributed by atoms with Gasteiger partial charge in [0.2, 0.25) is 0 Å². The van der Waals surface area contributed by atoms with Crippen LogP contribution in [0.1, 0.15) is 180 Å². The van der Waals surface area contributed by atoms with Crippen LogP contribution in [0.3, 0.4) is 0 Å². The normalized spacial score (nSPS) is 13.1. The number of benzene rings is 4. The van der Waals surface area contributed by atoms with Gasteiger partial charge in [0.05, 0.1) is 59.4 Å². The molecule has 2 aliphatic rings. The number of aromatic nitrogens is 4. The summed E-state index contributed by atoms with van der Waals surface area (Å²) in [5.74, 6) is -0.618. The summed E-state index contributed by atoms with van der Waals surface area (Å²) < 4.78 is 35.5. The lowest BCUT2D eigenvalue weighted by Crippen LogP contribution is -2.37. The summed E-state index contributed by atoms with van der Waals surface area (Å²) in [5.41, 5.74) is 9.40. The third kappa shape index (κ3) is 15.4. The molecule has 0 radical (unpaired) electrons. The molecule has 0 atom stereocenters. The summed E-state index contributed by atoms with van der Waals surface area (Å²) in [7, 11) is 5.00. The molecule has 0 amide bonds. The van der Waals surface area contributed by atoms with Crippen molar-refractivity contribution < 1.29 is 47.6 Å². The maximum Gasteiger partial charge on any atom is 0.194 e. The number of aromatic amines is 2. The van der Waals surface area contributed by atoms with Gasteiger partial charge in [0, 0.05) is 93.8 Å². The molecule has 0 aliphatic carbocycles. The highest BCUT2D eigenvalue weighted by molar-refractivity contribution is 6.06. The minimum Gasteiger partial charge on any atom is -0.379 e. The molecular formula is C78H90N4O10. The molecule has 2 N–H and O–H groups in total. The van der Waals surface area contributed by atoms with Gasteiger partial charge in [0.1, 0.15) is 16.8 Å². The Morgan fingerprint density at radius 2 is 0.587 bits per heavy atom. The molecule has 4 aromatic carbocycles. The van der Waals surface area contributed by atoms with Crippen molar-refractivity contribution in [2.24, 2.45) is 5.92 Å². The number of hydrogen-bond donors (Lipinski definition) is 2. The first kappa shape index (κ1) is 68.3. The summed E-state index contributed by atoms with van der Waals surface area (Å²) in [4.78, 5) is 74.7. The third-order valence-corrected chi connectivity index (χ3v) is 17.8. The van der Waals surface area contributed by atoms with Crippen LogP contribution in [0.2, 0.25) is 0 Å². The van der Waals surface area contributed by atoms with Crippen LogP contribution in [0.4, 0.5) is 0 Å². The number of ether oxygens (including phenoxy) is 6. The average molecular weight is 1240 g/mol. The summed E-state index contributed by atoms with van der Waals surface area (Å²) in [6, 6.07) is 38.5. The molecule has 2 aliphatic heterocycles. The van der Waals surface area contributed by atoms with Gasteiger partial charge in [-0.25, -0.2) is 9.97 Å². The Kier molecular flexibility index (Phi) is 20.2. The maximum atomic E-state index is 14.3. The Bertz CT molecular complexity index is 4030. The van der Waals surface area contributed by atoms with Crippen LogP contribution in [-0.4, -0.2) is 118 Å². The summed E-state index contributed by atoms with van der Waals surface area (Å²) in [6.07, 6.45) is 9.83. The zero-order valence-electron chi connectivity index (χ0n) is 56.7. The second kappa shape index (κ2) is 27.2. The lowest BCUT2D eigenvalue weighted by Gasteiger charge is -2.28. The Balaban J connectivity index is 1.26. The summed E-state index contributed by atoms with van der Waals surface area (Å²) in [6.45, 7) is 27.5. The molecule has 92 heavy (non-hydrogen) atoms. The minimum absolute atomic E-state index is 0.0432. The van der Waals surface area contributed by atoms with E-state index in [1.54, 1.807) is 62.9 Å². The lowest BCUT2D eigenvalue weighted by molar-refractivity contribution is -0.0457. The molecule has 14 heteroatoms. The Hall–Kier alpha value is -8.08. The predicted octanol–water partition coefficient (Wildman–Crippen LogP) is 17.5. The van der Waals surface area contributed by atoms with Crippen LogP contribution < -0.4 is 0 Å². The van der Waals surface area contributed by atoms with Gasteiger partial charge >= 0.3 is 0 Å². The Labute approximate surface area is 542 Å². The van der Waals surface area contributed by atoms with Gasteiger partial charge in [-0.1, -0.05) is 111 Å². The first-order valence-electron chi connectivity index (χ1n) is 31.7. The number of carbonyl (C=O) groups is 4. The van der Waals surface area contributed by atoms with Crippen LogP contribution >= 0.6 is 0 Å². The highest BCUT2D eigenvalue weighted by Gasteiger charge is 2.34. The molecule has 14 nitrogen and oxygen atoms in total. The average Bonchev–Trinajstić information content (AvgIpc) is 1.60. The molecule has 8 bridgehead atoms. The molecule has 5 heterocycles. The number of carbonyl (C=O) groups excluding carboxylic acids is 4.